The first-order valence-corrected chi connectivity index (χ1v) is 10.5. The Hall–Kier alpha value is -2.78. The number of anilines is 1. The molecule has 0 spiro atoms. The summed E-state index contributed by atoms with van der Waals surface area (Å²) in [5, 5.41) is 3.49. The smallest absolute Gasteiger partial charge is 0.285 e. The number of hydrogen-bond acceptors (Lipinski definition) is 7. The highest BCUT2D eigenvalue weighted by atomic mass is 32.2. The van der Waals surface area contributed by atoms with Gasteiger partial charge < -0.3 is 4.90 Å². The van der Waals surface area contributed by atoms with Gasteiger partial charge in [-0.15, -0.1) is 5.10 Å². The summed E-state index contributed by atoms with van der Waals surface area (Å²) < 4.78 is 31.3. The second-order valence-electron chi connectivity index (χ2n) is 6.22. The number of nitrogens with one attached hydrogen (secondary N) is 1. The summed E-state index contributed by atoms with van der Waals surface area (Å²) in [6, 6.07) is 14.2. The van der Waals surface area contributed by atoms with Gasteiger partial charge in [0.05, 0.1) is 4.88 Å². The molecule has 0 fully saturated rings. The second-order valence-corrected chi connectivity index (χ2v) is 8.57. The van der Waals surface area contributed by atoms with E-state index in [1.165, 1.54) is 0 Å². The Morgan fingerprint density at radius 2 is 1.96 bits per heavy atom. The molecular weight excluding hydrogens is 384 g/mol. The van der Waals surface area contributed by atoms with Gasteiger partial charge in [0.2, 0.25) is 5.03 Å². The molecule has 1 amide bonds. The van der Waals surface area contributed by atoms with Gasteiger partial charge in [0.15, 0.2) is 0 Å². The molecule has 1 N–H and O–H groups in total. The SMILES string of the molecule is CN1CCc2ccc(C(=O)NS(=O)(=O)c3nnsc3-c3ccccc3)cc21. The number of hydrogen-bond donors (Lipinski definition) is 1. The van der Waals surface area contributed by atoms with Crippen LogP contribution in [0, 0.1) is 0 Å². The van der Waals surface area contributed by atoms with Gasteiger partial charge in [-0.05, 0) is 41.2 Å². The maximum Gasteiger partial charge on any atom is 0.285 e. The fraction of sp³-hybridized carbons (Fsp3) is 0.167. The molecule has 7 nitrogen and oxygen atoms in total. The molecule has 138 valence electrons. The molecule has 4 rings (SSSR count). The van der Waals surface area contributed by atoms with Crippen molar-refractivity contribution >= 4 is 33.2 Å². The Balaban J connectivity index is 1.63. The molecule has 2 heterocycles. The molecule has 0 unspecified atom stereocenters. The van der Waals surface area contributed by atoms with E-state index >= 15 is 0 Å². The molecule has 0 radical (unpaired) electrons. The van der Waals surface area contributed by atoms with Crippen LogP contribution >= 0.6 is 11.5 Å². The largest absolute Gasteiger partial charge is 0.374 e. The third kappa shape index (κ3) is 3.31. The Kier molecular flexibility index (Phi) is 4.40. The van der Waals surface area contributed by atoms with Crippen molar-refractivity contribution in [3.05, 3.63) is 59.7 Å². The first kappa shape index (κ1) is 17.6. The van der Waals surface area contributed by atoms with Crippen molar-refractivity contribution in [1.82, 2.24) is 14.3 Å². The van der Waals surface area contributed by atoms with Crippen molar-refractivity contribution in [1.29, 1.82) is 0 Å². The highest BCUT2D eigenvalue weighted by Gasteiger charge is 2.27. The van der Waals surface area contributed by atoms with Crippen LogP contribution in [0.4, 0.5) is 5.69 Å². The van der Waals surface area contributed by atoms with Crippen LogP contribution in [0.3, 0.4) is 0 Å². The summed E-state index contributed by atoms with van der Waals surface area (Å²) in [7, 11) is -2.21. The standard InChI is InChI=1S/C18H16N4O3S2/c1-22-10-9-12-7-8-14(11-15(12)22)17(23)20-27(24,25)18-16(26-21-19-18)13-5-3-2-4-6-13/h2-8,11H,9-10H2,1H3,(H,20,23). The maximum absolute atomic E-state index is 12.7. The lowest BCUT2D eigenvalue weighted by Gasteiger charge is -2.13. The zero-order valence-corrected chi connectivity index (χ0v) is 16.0. The molecule has 0 saturated carbocycles. The molecule has 0 saturated heterocycles. The number of rotatable bonds is 4. The summed E-state index contributed by atoms with van der Waals surface area (Å²) >= 11 is 0.971. The molecule has 1 aliphatic heterocycles. The topological polar surface area (TPSA) is 92.3 Å². The Morgan fingerprint density at radius 1 is 1.19 bits per heavy atom. The Labute approximate surface area is 160 Å². The third-order valence-electron chi connectivity index (χ3n) is 4.45. The number of fused-ring (bicyclic) bond motifs is 1. The van der Waals surface area contributed by atoms with Crippen LogP contribution in [0.15, 0.2) is 53.6 Å². The summed E-state index contributed by atoms with van der Waals surface area (Å²) in [4.78, 5) is 15.0. The minimum atomic E-state index is -4.15. The lowest BCUT2D eigenvalue weighted by Crippen LogP contribution is -2.31. The van der Waals surface area contributed by atoms with Gasteiger partial charge in [-0.25, -0.2) is 4.72 Å². The van der Waals surface area contributed by atoms with E-state index in [4.69, 9.17) is 0 Å². The number of benzene rings is 2. The minimum absolute atomic E-state index is 0.245. The molecule has 0 aliphatic carbocycles. The van der Waals surface area contributed by atoms with Gasteiger partial charge in [-0.3, -0.25) is 4.79 Å². The highest BCUT2D eigenvalue weighted by molar-refractivity contribution is 7.90. The van der Waals surface area contributed by atoms with E-state index in [0.29, 0.717) is 10.4 Å². The quantitative estimate of drug-likeness (QED) is 0.723. The molecule has 3 aromatic rings. The Bertz CT molecular complexity index is 1110. The molecule has 1 aliphatic rings. The number of carbonyl (C=O) groups is 1. The van der Waals surface area contributed by atoms with Crippen molar-refractivity contribution in [2.24, 2.45) is 0 Å². The third-order valence-corrected chi connectivity index (χ3v) is 6.60. The van der Waals surface area contributed by atoms with Gasteiger partial charge in [0, 0.05) is 24.8 Å². The zero-order chi connectivity index (χ0) is 19.0. The van der Waals surface area contributed by atoms with Crippen LogP contribution < -0.4 is 9.62 Å². The number of sulfonamides is 1. The van der Waals surface area contributed by atoms with Gasteiger partial charge in [-0.1, -0.05) is 40.9 Å². The molecule has 2 aromatic carbocycles. The number of aromatic nitrogens is 2. The van der Waals surface area contributed by atoms with E-state index in [1.807, 2.05) is 24.1 Å². The summed E-state index contributed by atoms with van der Waals surface area (Å²) in [5.74, 6) is -0.690. The molecular formula is C18H16N4O3S2. The van der Waals surface area contributed by atoms with Crippen LogP contribution in [-0.4, -0.2) is 37.5 Å². The number of carbonyl (C=O) groups excluding carboxylic acids is 1. The van der Waals surface area contributed by atoms with E-state index in [2.05, 4.69) is 14.3 Å². The van der Waals surface area contributed by atoms with E-state index in [-0.39, 0.29) is 10.6 Å². The lowest BCUT2D eigenvalue weighted by molar-refractivity contribution is 0.0981. The van der Waals surface area contributed by atoms with E-state index in [1.54, 1.807) is 36.4 Å². The van der Waals surface area contributed by atoms with Gasteiger partial charge in [0.1, 0.15) is 0 Å². The second kappa shape index (κ2) is 6.75. The number of amides is 1. The lowest BCUT2D eigenvalue weighted by atomic mass is 10.1. The average molecular weight is 400 g/mol. The molecule has 0 atom stereocenters. The fourth-order valence-electron chi connectivity index (χ4n) is 3.03. The summed E-state index contributed by atoms with van der Waals surface area (Å²) in [5.41, 5.74) is 3.06. The van der Waals surface area contributed by atoms with Crippen LogP contribution in [0.1, 0.15) is 15.9 Å². The van der Waals surface area contributed by atoms with Crippen molar-refractivity contribution in [3.8, 4) is 10.4 Å². The van der Waals surface area contributed by atoms with E-state index in [9.17, 15) is 13.2 Å². The molecule has 0 bridgehead atoms. The Morgan fingerprint density at radius 3 is 2.74 bits per heavy atom. The highest BCUT2D eigenvalue weighted by Crippen LogP contribution is 2.30. The first-order chi connectivity index (χ1) is 13.0. The van der Waals surface area contributed by atoms with Crippen molar-refractivity contribution in [3.63, 3.8) is 0 Å². The predicted molar refractivity (Wildman–Crippen MR) is 103 cm³/mol. The monoisotopic (exact) mass is 400 g/mol. The fourth-order valence-corrected chi connectivity index (χ4v) is 5.06. The number of likely N-dealkylation sites (N-methyl/N-ethyl adjacent to an activating group) is 1. The summed E-state index contributed by atoms with van der Waals surface area (Å²) in [6.07, 6.45) is 0.914. The van der Waals surface area contributed by atoms with Crippen LogP contribution in [0.25, 0.3) is 10.4 Å². The molecule has 9 heteroatoms. The minimum Gasteiger partial charge on any atom is -0.374 e. The van der Waals surface area contributed by atoms with Gasteiger partial charge in [-0.2, -0.15) is 8.42 Å². The molecule has 1 aromatic heterocycles. The van der Waals surface area contributed by atoms with Crippen molar-refractivity contribution in [2.75, 3.05) is 18.5 Å². The summed E-state index contributed by atoms with van der Waals surface area (Å²) in [6.45, 7) is 0.879. The van der Waals surface area contributed by atoms with Crippen LogP contribution in [-0.2, 0) is 16.4 Å². The van der Waals surface area contributed by atoms with Crippen LogP contribution in [0.2, 0.25) is 0 Å². The van der Waals surface area contributed by atoms with Gasteiger partial charge in [0.25, 0.3) is 15.9 Å². The van der Waals surface area contributed by atoms with Crippen LogP contribution in [0.5, 0.6) is 0 Å². The van der Waals surface area contributed by atoms with E-state index in [0.717, 1.165) is 35.7 Å². The van der Waals surface area contributed by atoms with Crippen molar-refractivity contribution < 1.29 is 13.2 Å². The van der Waals surface area contributed by atoms with Crippen molar-refractivity contribution in [2.45, 2.75) is 11.4 Å². The zero-order valence-electron chi connectivity index (χ0n) is 14.4. The maximum atomic E-state index is 12.7. The average Bonchev–Trinajstić information content (AvgIpc) is 3.30. The molecule has 27 heavy (non-hydrogen) atoms. The van der Waals surface area contributed by atoms with Gasteiger partial charge >= 0.3 is 0 Å². The normalized spacial score (nSPS) is 13.4. The van der Waals surface area contributed by atoms with E-state index < -0.39 is 15.9 Å². The first-order valence-electron chi connectivity index (χ1n) is 8.25. The predicted octanol–water partition coefficient (Wildman–Crippen LogP) is 2.32. The number of nitrogens with zero attached hydrogens (tertiary/aromatic N) is 3.